The van der Waals surface area contributed by atoms with Crippen LogP contribution in [0.15, 0.2) is 18.2 Å². The molecule has 0 aromatic heterocycles. The van der Waals surface area contributed by atoms with Crippen molar-refractivity contribution in [3.8, 4) is 0 Å². The lowest BCUT2D eigenvalue weighted by molar-refractivity contribution is 0.0419. The minimum absolute atomic E-state index is 0.339. The smallest absolute Gasteiger partial charge is 0.0900 e. The van der Waals surface area contributed by atoms with Crippen LogP contribution in [0.4, 0.5) is 0 Å². The number of likely N-dealkylation sites (N-methyl/N-ethyl adjacent to an activating group) is 1. The molecule has 0 heterocycles. The zero-order valence-corrected chi connectivity index (χ0v) is 11.5. The Balaban J connectivity index is 2.50. The van der Waals surface area contributed by atoms with Gasteiger partial charge in [-0.2, -0.15) is 0 Å². The van der Waals surface area contributed by atoms with Gasteiger partial charge in [0.05, 0.1) is 22.8 Å². The molecule has 0 fully saturated rings. The van der Waals surface area contributed by atoms with Gasteiger partial charge in [-0.05, 0) is 24.7 Å². The Kier molecular flexibility index (Phi) is 6.23. The first-order valence-electron chi connectivity index (χ1n) is 5.32. The zero-order valence-electron chi connectivity index (χ0n) is 9.99. The number of benzene rings is 1. The van der Waals surface area contributed by atoms with Crippen molar-refractivity contribution in [1.82, 2.24) is 4.90 Å². The Labute approximate surface area is 112 Å². The maximum absolute atomic E-state index is 9.58. The third-order valence-electron chi connectivity index (χ3n) is 2.32. The number of hydrogen-bond donors (Lipinski definition) is 1. The summed E-state index contributed by atoms with van der Waals surface area (Å²) in [6.07, 6.45) is -0.479. The van der Waals surface area contributed by atoms with Crippen LogP contribution < -0.4 is 0 Å². The first kappa shape index (κ1) is 14.7. The van der Waals surface area contributed by atoms with Crippen molar-refractivity contribution in [2.24, 2.45) is 0 Å². The second-order valence-corrected chi connectivity index (χ2v) is 4.87. The lowest BCUT2D eigenvalue weighted by atomic mass is 10.2. The van der Waals surface area contributed by atoms with Gasteiger partial charge in [-0.1, -0.05) is 29.3 Å². The minimum atomic E-state index is -0.479. The molecule has 1 atom stereocenters. The maximum Gasteiger partial charge on any atom is 0.0900 e. The molecule has 17 heavy (non-hydrogen) atoms. The van der Waals surface area contributed by atoms with Crippen molar-refractivity contribution in [2.75, 3.05) is 27.3 Å². The number of rotatable bonds is 6. The zero-order chi connectivity index (χ0) is 12.8. The summed E-state index contributed by atoms with van der Waals surface area (Å²) in [5.41, 5.74) is 1.06. The van der Waals surface area contributed by atoms with Crippen LogP contribution >= 0.6 is 23.2 Å². The first-order valence-corrected chi connectivity index (χ1v) is 6.08. The molecule has 1 rings (SSSR count). The number of aliphatic hydroxyl groups is 1. The van der Waals surface area contributed by atoms with Crippen LogP contribution in [-0.4, -0.2) is 43.4 Å². The highest BCUT2D eigenvalue weighted by molar-refractivity contribution is 6.42. The number of methoxy groups -OCH3 is 1. The Bertz CT molecular complexity index is 360. The monoisotopic (exact) mass is 277 g/mol. The van der Waals surface area contributed by atoms with E-state index in [2.05, 4.69) is 0 Å². The molecular weight excluding hydrogens is 261 g/mol. The van der Waals surface area contributed by atoms with Crippen LogP contribution in [0.25, 0.3) is 0 Å². The fraction of sp³-hybridized carbons (Fsp3) is 0.500. The lowest BCUT2D eigenvalue weighted by Crippen LogP contribution is -2.31. The molecule has 1 N–H and O–H groups in total. The van der Waals surface area contributed by atoms with Gasteiger partial charge < -0.3 is 9.84 Å². The van der Waals surface area contributed by atoms with Gasteiger partial charge in [-0.15, -0.1) is 0 Å². The Morgan fingerprint density at radius 2 is 2.06 bits per heavy atom. The van der Waals surface area contributed by atoms with E-state index in [4.69, 9.17) is 27.9 Å². The fourth-order valence-electron chi connectivity index (χ4n) is 1.62. The van der Waals surface area contributed by atoms with Crippen molar-refractivity contribution < 1.29 is 9.84 Å². The van der Waals surface area contributed by atoms with Crippen molar-refractivity contribution in [1.29, 1.82) is 0 Å². The van der Waals surface area contributed by atoms with Crippen LogP contribution in [-0.2, 0) is 11.3 Å². The van der Waals surface area contributed by atoms with Gasteiger partial charge in [0.1, 0.15) is 0 Å². The molecule has 0 saturated carbocycles. The predicted molar refractivity (Wildman–Crippen MR) is 70.7 cm³/mol. The predicted octanol–water partition coefficient (Wildman–Crippen LogP) is 2.43. The van der Waals surface area contributed by atoms with Gasteiger partial charge in [0.15, 0.2) is 0 Å². The standard InChI is InChI=1S/C12H17Cl2NO2/c1-15(7-10(16)8-17-2)6-9-3-4-11(13)12(14)5-9/h3-5,10,16H,6-8H2,1-2H3/t10-/m0/s1. The molecule has 0 bridgehead atoms. The summed E-state index contributed by atoms with van der Waals surface area (Å²) in [4.78, 5) is 2.00. The fourth-order valence-corrected chi connectivity index (χ4v) is 1.94. The summed E-state index contributed by atoms with van der Waals surface area (Å²) >= 11 is 11.8. The van der Waals surface area contributed by atoms with Gasteiger partial charge in [-0.25, -0.2) is 0 Å². The molecule has 0 saturated heterocycles. The minimum Gasteiger partial charge on any atom is -0.389 e. The Morgan fingerprint density at radius 3 is 2.65 bits per heavy atom. The van der Waals surface area contributed by atoms with Crippen LogP contribution in [0.3, 0.4) is 0 Å². The molecule has 1 aromatic rings. The Morgan fingerprint density at radius 1 is 1.35 bits per heavy atom. The molecule has 0 aliphatic rings. The summed E-state index contributed by atoms with van der Waals surface area (Å²) in [7, 11) is 3.50. The largest absolute Gasteiger partial charge is 0.389 e. The number of ether oxygens (including phenoxy) is 1. The molecule has 0 aliphatic carbocycles. The van der Waals surface area contributed by atoms with E-state index in [1.54, 1.807) is 13.2 Å². The lowest BCUT2D eigenvalue weighted by Gasteiger charge is -2.20. The van der Waals surface area contributed by atoms with E-state index < -0.39 is 6.10 Å². The van der Waals surface area contributed by atoms with E-state index in [-0.39, 0.29) is 0 Å². The molecular formula is C12H17Cl2NO2. The first-order chi connectivity index (χ1) is 8.02. The van der Waals surface area contributed by atoms with E-state index in [1.807, 2.05) is 24.1 Å². The van der Waals surface area contributed by atoms with E-state index in [0.717, 1.165) is 5.56 Å². The summed E-state index contributed by atoms with van der Waals surface area (Å²) in [5.74, 6) is 0. The number of hydrogen-bond acceptors (Lipinski definition) is 3. The average molecular weight is 278 g/mol. The van der Waals surface area contributed by atoms with Gasteiger partial charge in [0, 0.05) is 20.2 Å². The van der Waals surface area contributed by atoms with Crippen molar-refractivity contribution >= 4 is 23.2 Å². The molecule has 0 amide bonds. The number of aliphatic hydroxyl groups excluding tert-OH is 1. The van der Waals surface area contributed by atoms with Crippen molar-refractivity contribution in [2.45, 2.75) is 12.6 Å². The third kappa shape index (κ3) is 5.23. The van der Waals surface area contributed by atoms with Crippen LogP contribution in [0.2, 0.25) is 10.0 Å². The highest BCUT2D eigenvalue weighted by atomic mass is 35.5. The van der Waals surface area contributed by atoms with Crippen molar-refractivity contribution in [3.05, 3.63) is 33.8 Å². The van der Waals surface area contributed by atoms with Crippen LogP contribution in [0.5, 0.6) is 0 Å². The van der Waals surface area contributed by atoms with Gasteiger partial charge in [-0.3, -0.25) is 4.90 Å². The molecule has 3 nitrogen and oxygen atoms in total. The van der Waals surface area contributed by atoms with Gasteiger partial charge >= 0.3 is 0 Å². The molecule has 96 valence electrons. The van der Waals surface area contributed by atoms with Gasteiger partial charge in [0.25, 0.3) is 0 Å². The van der Waals surface area contributed by atoms with E-state index in [9.17, 15) is 5.11 Å². The normalized spacial score (nSPS) is 13.1. The Hall–Kier alpha value is -0.320. The summed E-state index contributed by atoms with van der Waals surface area (Å²) in [6, 6.07) is 5.54. The van der Waals surface area contributed by atoms with E-state index in [1.165, 1.54) is 0 Å². The van der Waals surface area contributed by atoms with Crippen molar-refractivity contribution in [3.63, 3.8) is 0 Å². The molecule has 0 aliphatic heterocycles. The second-order valence-electron chi connectivity index (χ2n) is 4.05. The highest BCUT2D eigenvalue weighted by Gasteiger charge is 2.09. The second kappa shape index (κ2) is 7.19. The average Bonchev–Trinajstić information content (AvgIpc) is 2.23. The molecule has 0 radical (unpaired) electrons. The summed E-state index contributed by atoms with van der Waals surface area (Å²) in [5, 5.41) is 10.7. The van der Waals surface area contributed by atoms with E-state index >= 15 is 0 Å². The number of nitrogens with zero attached hydrogens (tertiary/aromatic N) is 1. The summed E-state index contributed by atoms with van der Waals surface area (Å²) < 4.78 is 4.87. The third-order valence-corrected chi connectivity index (χ3v) is 3.06. The van der Waals surface area contributed by atoms with Crippen LogP contribution in [0.1, 0.15) is 5.56 Å². The molecule has 0 unspecified atom stereocenters. The SMILES string of the molecule is COC[C@@H](O)CN(C)Cc1ccc(Cl)c(Cl)c1. The number of halogens is 2. The quantitative estimate of drug-likeness (QED) is 0.867. The van der Waals surface area contributed by atoms with Crippen LogP contribution in [0, 0.1) is 0 Å². The topological polar surface area (TPSA) is 32.7 Å². The maximum atomic E-state index is 9.58. The molecule has 1 aromatic carbocycles. The van der Waals surface area contributed by atoms with Gasteiger partial charge in [0.2, 0.25) is 0 Å². The molecule has 5 heteroatoms. The van der Waals surface area contributed by atoms with E-state index in [0.29, 0.717) is 29.7 Å². The highest BCUT2D eigenvalue weighted by Crippen LogP contribution is 2.23. The molecule has 0 spiro atoms. The summed E-state index contributed by atoms with van der Waals surface area (Å²) in [6.45, 7) is 1.59.